The maximum atomic E-state index is 12.2. The number of nitrogens with one attached hydrogen (secondary N) is 2. The first kappa shape index (κ1) is 12.7. The van der Waals surface area contributed by atoms with Crippen molar-refractivity contribution < 1.29 is 14.7 Å². The summed E-state index contributed by atoms with van der Waals surface area (Å²) in [5.41, 5.74) is 1.39. The number of fused-ring (bicyclic) bond motifs is 1. The number of amides is 1. The Morgan fingerprint density at radius 3 is 2.95 bits per heavy atom. The van der Waals surface area contributed by atoms with Gasteiger partial charge >= 0.3 is 5.97 Å². The number of benzene rings is 1. The van der Waals surface area contributed by atoms with E-state index in [1.54, 1.807) is 24.4 Å². The van der Waals surface area contributed by atoms with Crippen molar-refractivity contribution >= 4 is 22.8 Å². The van der Waals surface area contributed by atoms with Gasteiger partial charge in [0, 0.05) is 17.0 Å². The Morgan fingerprint density at radius 2 is 2.25 bits per heavy atom. The summed E-state index contributed by atoms with van der Waals surface area (Å²) >= 11 is 0. The quantitative estimate of drug-likeness (QED) is 0.770. The van der Waals surface area contributed by atoms with Gasteiger partial charge in [0.05, 0.1) is 18.1 Å². The minimum Gasteiger partial charge on any atom is -0.481 e. The molecule has 3 rings (SSSR count). The van der Waals surface area contributed by atoms with E-state index in [0.717, 1.165) is 23.7 Å². The maximum Gasteiger partial charge on any atom is 0.305 e. The van der Waals surface area contributed by atoms with E-state index in [0.29, 0.717) is 11.5 Å². The van der Waals surface area contributed by atoms with Crippen LogP contribution in [0.3, 0.4) is 0 Å². The average molecular weight is 273 g/mol. The number of aromatic nitrogens is 2. The first-order chi connectivity index (χ1) is 9.63. The Bertz CT molecular complexity index is 660. The molecule has 1 unspecified atom stereocenters. The van der Waals surface area contributed by atoms with Crippen LogP contribution in [0.15, 0.2) is 24.4 Å². The summed E-state index contributed by atoms with van der Waals surface area (Å²) in [7, 11) is 0. The largest absolute Gasteiger partial charge is 0.481 e. The summed E-state index contributed by atoms with van der Waals surface area (Å²) in [5.74, 6) is -0.813. The Balaban J connectivity index is 1.75. The molecule has 0 radical (unpaired) electrons. The molecule has 1 aromatic heterocycles. The van der Waals surface area contributed by atoms with E-state index in [2.05, 4.69) is 15.5 Å². The summed E-state index contributed by atoms with van der Waals surface area (Å²) in [6.45, 7) is 0. The fraction of sp³-hybridized carbons (Fsp3) is 0.357. The van der Waals surface area contributed by atoms with Crippen molar-refractivity contribution in [2.75, 3.05) is 0 Å². The third-order valence-corrected chi connectivity index (χ3v) is 3.60. The summed E-state index contributed by atoms with van der Waals surface area (Å²) in [4.78, 5) is 23.0. The number of carboxylic acid groups (broad SMARTS) is 1. The smallest absolute Gasteiger partial charge is 0.305 e. The van der Waals surface area contributed by atoms with Crippen molar-refractivity contribution in [3.8, 4) is 0 Å². The van der Waals surface area contributed by atoms with Crippen molar-refractivity contribution in [3.63, 3.8) is 0 Å². The lowest BCUT2D eigenvalue weighted by Gasteiger charge is -2.16. The molecule has 6 heteroatoms. The number of rotatable bonds is 5. The summed E-state index contributed by atoms with van der Waals surface area (Å²) in [5, 5.41) is 19.3. The second-order valence-electron chi connectivity index (χ2n) is 5.19. The van der Waals surface area contributed by atoms with Crippen LogP contribution in [0.1, 0.15) is 29.6 Å². The lowest BCUT2D eigenvalue weighted by Crippen LogP contribution is -2.38. The maximum absolute atomic E-state index is 12.2. The molecule has 104 valence electrons. The highest BCUT2D eigenvalue weighted by Crippen LogP contribution is 2.34. The van der Waals surface area contributed by atoms with Crippen LogP contribution in [0.5, 0.6) is 0 Å². The van der Waals surface area contributed by atoms with Gasteiger partial charge in [0.25, 0.3) is 5.91 Å². The average Bonchev–Trinajstić information content (AvgIpc) is 3.15. The fourth-order valence-electron chi connectivity index (χ4n) is 2.36. The molecule has 0 aliphatic heterocycles. The lowest BCUT2D eigenvalue weighted by molar-refractivity contribution is -0.137. The molecule has 1 amide bonds. The molecule has 2 aromatic rings. The van der Waals surface area contributed by atoms with Crippen LogP contribution in [-0.4, -0.2) is 33.2 Å². The van der Waals surface area contributed by atoms with E-state index in [-0.39, 0.29) is 18.4 Å². The Hall–Kier alpha value is -2.37. The predicted molar refractivity (Wildman–Crippen MR) is 72.3 cm³/mol. The van der Waals surface area contributed by atoms with Gasteiger partial charge in [0.15, 0.2) is 0 Å². The molecule has 1 aliphatic rings. The Labute approximate surface area is 115 Å². The van der Waals surface area contributed by atoms with Gasteiger partial charge in [-0.3, -0.25) is 14.7 Å². The third-order valence-electron chi connectivity index (χ3n) is 3.60. The molecule has 0 bridgehead atoms. The van der Waals surface area contributed by atoms with E-state index < -0.39 is 5.97 Å². The van der Waals surface area contributed by atoms with Crippen molar-refractivity contribution in [2.45, 2.75) is 25.3 Å². The highest BCUT2D eigenvalue weighted by Gasteiger charge is 2.33. The molecule has 3 N–H and O–H groups in total. The van der Waals surface area contributed by atoms with E-state index in [9.17, 15) is 9.59 Å². The number of carboxylic acids is 1. The van der Waals surface area contributed by atoms with Gasteiger partial charge in [-0.15, -0.1) is 0 Å². The van der Waals surface area contributed by atoms with Gasteiger partial charge in [-0.2, -0.15) is 5.10 Å². The van der Waals surface area contributed by atoms with Crippen molar-refractivity contribution in [1.82, 2.24) is 15.5 Å². The summed E-state index contributed by atoms with van der Waals surface area (Å²) in [6.07, 6.45) is 3.60. The number of aliphatic carboxylic acids is 1. The molecule has 1 heterocycles. The van der Waals surface area contributed by atoms with Crippen LogP contribution < -0.4 is 5.32 Å². The second kappa shape index (κ2) is 4.96. The normalized spacial score (nSPS) is 16.0. The van der Waals surface area contributed by atoms with Gasteiger partial charge in [0.2, 0.25) is 0 Å². The van der Waals surface area contributed by atoms with Crippen LogP contribution in [0.2, 0.25) is 0 Å². The third kappa shape index (κ3) is 2.64. The van der Waals surface area contributed by atoms with E-state index >= 15 is 0 Å². The van der Waals surface area contributed by atoms with Crippen LogP contribution in [0, 0.1) is 5.92 Å². The zero-order chi connectivity index (χ0) is 14.1. The standard InChI is InChI=1S/C14H15N3O3/c18-13(19)6-12(8-1-2-8)16-14(20)9-3-4-11-10(5-9)7-15-17-11/h3-5,7-8,12H,1-2,6H2,(H,15,17)(H,16,20)(H,18,19). The number of hydrogen-bond acceptors (Lipinski definition) is 3. The van der Waals surface area contributed by atoms with Gasteiger partial charge in [0.1, 0.15) is 0 Å². The van der Waals surface area contributed by atoms with Crippen LogP contribution in [0.25, 0.3) is 10.9 Å². The van der Waals surface area contributed by atoms with Crippen LogP contribution in [0.4, 0.5) is 0 Å². The number of carbonyl (C=O) groups excluding carboxylic acids is 1. The van der Waals surface area contributed by atoms with Crippen molar-refractivity contribution in [2.24, 2.45) is 5.92 Å². The summed E-state index contributed by atoms with van der Waals surface area (Å²) in [6, 6.07) is 4.97. The molecule has 1 fully saturated rings. The SMILES string of the molecule is O=C(O)CC(NC(=O)c1ccc2[nH]ncc2c1)C1CC1. The van der Waals surface area contributed by atoms with Crippen molar-refractivity contribution in [1.29, 1.82) is 0 Å². The Kier molecular flexibility index (Phi) is 3.14. The molecular formula is C14H15N3O3. The first-order valence-corrected chi connectivity index (χ1v) is 6.59. The van der Waals surface area contributed by atoms with Crippen LogP contribution >= 0.6 is 0 Å². The second-order valence-corrected chi connectivity index (χ2v) is 5.19. The van der Waals surface area contributed by atoms with E-state index in [1.807, 2.05) is 0 Å². The zero-order valence-electron chi connectivity index (χ0n) is 10.8. The lowest BCUT2D eigenvalue weighted by atomic mass is 10.1. The molecule has 1 atom stereocenters. The number of carbonyl (C=O) groups is 2. The van der Waals surface area contributed by atoms with Gasteiger partial charge in [-0.25, -0.2) is 0 Å². The van der Waals surface area contributed by atoms with E-state index in [4.69, 9.17) is 5.11 Å². The summed E-state index contributed by atoms with van der Waals surface area (Å²) < 4.78 is 0. The molecule has 0 spiro atoms. The monoisotopic (exact) mass is 273 g/mol. The molecule has 6 nitrogen and oxygen atoms in total. The molecule has 20 heavy (non-hydrogen) atoms. The zero-order valence-corrected chi connectivity index (χ0v) is 10.8. The number of nitrogens with zero attached hydrogens (tertiary/aromatic N) is 1. The molecule has 1 aromatic carbocycles. The number of H-pyrrole nitrogens is 1. The molecular weight excluding hydrogens is 258 g/mol. The topological polar surface area (TPSA) is 95.1 Å². The first-order valence-electron chi connectivity index (χ1n) is 6.59. The number of hydrogen-bond donors (Lipinski definition) is 3. The van der Waals surface area contributed by atoms with Crippen LogP contribution in [-0.2, 0) is 4.79 Å². The highest BCUT2D eigenvalue weighted by molar-refractivity contribution is 5.98. The van der Waals surface area contributed by atoms with Gasteiger partial charge in [-0.1, -0.05) is 0 Å². The number of aromatic amines is 1. The Morgan fingerprint density at radius 1 is 1.45 bits per heavy atom. The highest BCUT2D eigenvalue weighted by atomic mass is 16.4. The van der Waals surface area contributed by atoms with Crippen molar-refractivity contribution in [3.05, 3.63) is 30.0 Å². The predicted octanol–water partition coefficient (Wildman–Crippen LogP) is 1.55. The van der Waals surface area contributed by atoms with Gasteiger partial charge < -0.3 is 10.4 Å². The van der Waals surface area contributed by atoms with E-state index in [1.165, 1.54) is 0 Å². The molecule has 1 aliphatic carbocycles. The molecule has 0 saturated heterocycles. The van der Waals surface area contributed by atoms with Gasteiger partial charge in [-0.05, 0) is 37.0 Å². The fourth-order valence-corrected chi connectivity index (χ4v) is 2.36. The minimum atomic E-state index is -0.882. The molecule has 1 saturated carbocycles. The minimum absolute atomic E-state index is 0.0235.